The minimum absolute atomic E-state index is 0.0164. The zero-order valence-corrected chi connectivity index (χ0v) is 14.7. The average Bonchev–Trinajstić information content (AvgIpc) is 2.61. The Balaban J connectivity index is 2.18. The second-order valence-corrected chi connectivity index (χ2v) is 5.79. The first-order chi connectivity index (χ1) is 12.0. The standard InChI is InChI=1S/C20H24N2O3/c1-3-15-9-8-10-16(4-2)20(15)21-18(23)13-22(14-19(24)25)17-11-6-5-7-12-17/h5-12H,3-4,13-14H2,1-2H3,(H,21,23)(H,24,25). The van der Waals surface area contributed by atoms with Gasteiger partial charge in [0.05, 0.1) is 6.54 Å². The summed E-state index contributed by atoms with van der Waals surface area (Å²) < 4.78 is 0. The van der Waals surface area contributed by atoms with E-state index < -0.39 is 5.97 Å². The lowest BCUT2D eigenvalue weighted by atomic mass is 10.0. The predicted molar refractivity (Wildman–Crippen MR) is 100 cm³/mol. The molecule has 2 N–H and O–H groups in total. The number of nitrogens with one attached hydrogen (secondary N) is 1. The maximum Gasteiger partial charge on any atom is 0.323 e. The SMILES string of the molecule is CCc1cccc(CC)c1NC(=O)CN(CC(=O)O)c1ccccc1. The van der Waals surface area contributed by atoms with Crippen LogP contribution in [0.1, 0.15) is 25.0 Å². The van der Waals surface area contributed by atoms with Crippen molar-refractivity contribution < 1.29 is 14.7 Å². The fourth-order valence-electron chi connectivity index (χ4n) is 2.80. The molecule has 0 heterocycles. The van der Waals surface area contributed by atoms with Gasteiger partial charge in [0.15, 0.2) is 0 Å². The fourth-order valence-corrected chi connectivity index (χ4v) is 2.80. The number of carboxylic acids is 1. The molecule has 132 valence electrons. The van der Waals surface area contributed by atoms with Gasteiger partial charge in [-0.2, -0.15) is 0 Å². The molecule has 5 nitrogen and oxygen atoms in total. The van der Waals surface area contributed by atoms with Crippen LogP contribution in [0.3, 0.4) is 0 Å². The highest BCUT2D eigenvalue weighted by atomic mass is 16.4. The first-order valence-electron chi connectivity index (χ1n) is 8.47. The molecule has 0 saturated heterocycles. The van der Waals surface area contributed by atoms with Crippen LogP contribution < -0.4 is 10.2 Å². The number of carbonyl (C=O) groups is 2. The Bertz CT molecular complexity index is 707. The van der Waals surface area contributed by atoms with Gasteiger partial charge in [-0.15, -0.1) is 0 Å². The molecule has 0 aromatic heterocycles. The van der Waals surface area contributed by atoms with E-state index in [2.05, 4.69) is 5.32 Å². The molecule has 0 spiro atoms. The van der Waals surface area contributed by atoms with Gasteiger partial charge < -0.3 is 15.3 Å². The first-order valence-corrected chi connectivity index (χ1v) is 8.47. The van der Waals surface area contributed by atoms with Gasteiger partial charge in [-0.25, -0.2) is 0 Å². The lowest BCUT2D eigenvalue weighted by Crippen LogP contribution is -2.37. The molecular weight excluding hydrogens is 316 g/mol. The van der Waals surface area contributed by atoms with Crippen LogP contribution >= 0.6 is 0 Å². The molecule has 0 aliphatic heterocycles. The third-order valence-electron chi connectivity index (χ3n) is 4.05. The largest absolute Gasteiger partial charge is 0.480 e. The van der Waals surface area contributed by atoms with E-state index in [1.165, 1.54) is 0 Å². The van der Waals surface area contributed by atoms with E-state index in [-0.39, 0.29) is 19.0 Å². The van der Waals surface area contributed by atoms with Crippen LogP contribution in [0.2, 0.25) is 0 Å². The maximum atomic E-state index is 12.6. The molecule has 0 atom stereocenters. The summed E-state index contributed by atoms with van der Waals surface area (Å²) in [5.74, 6) is -1.19. The van der Waals surface area contributed by atoms with E-state index in [0.29, 0.717) is 5.69 Å². The Hall–Kier alpha value is -2.82. The van der Waals surface area contributed by atoms with Crippen LogP contribution in [0, 0.1) is 0 Å². The summed E-state index contributed by atoms with van der Waals surface area (Å²) in [5.41, 5.74) is 3.72. The van der Waals surface area contributed by atoms with Gasteiger partial charge in [0.25, 0.3) is 0 Å². The van der Waals surface area contributed by atoms with Crippen LogP contribution in [-0.4, -0.2) is 30.1 Å². The van der Waals surface area contributed by atoms with Crippen LogP contribution in [0.25, 0.3) is 0 Å². The molecule has 0 bridgehead atoms. The molecule has 0 radical (unpaired) electrons. The summed E-state index contributed by atoms with van der Waals surface area (Å²) in [5, 5.41) is 12.1. The van der Waals surface area contributed by atoms with E-state index in [0.717, 1.165) is 29.7 Å². The molecule has 25 heavy (non-hydrogen) atoms. The molecule has 2 aromatic rings. The fraction of sp³-hybridized carbons (Fsp3) is 0.300. The summed E-state index contributed by atoms with van der Waals surface area (Å²) in [6, 6.07) is 15.1. The van der Waals surface area contributed by atoms with E-state index in [4.69, 9.17) is 5.11 Å². The molecule has 2 rings (SSSR count). The number of carbonyl (C=O) groups excluding carboxylic acids is 1. The first kappa shape index (κ1) is 18.5. The van der Waals surface area contributed by atoms with Gasteiger partial charge in [-0.1, -0.05) is 50.2 Å². The molecule has 0 aliphatic carbocycles. The molecule has 2 aromatic carbocycles. The third-order valence-corrected chi connectivity index (χ3v) is 4.05. The molecule has 0 unspecified atom stereocenters. The molecular formula is C20H24N2O3. The Morgan fingerprint density at radius 1 is 0.920 bits per heavy atom. The third kappa shape index (κ3) is 5.08. The summed E-state index contributed by atoms with van der Waals surface area (Å²) in [4.78, 5) is 25.3. The monoisotopic (exact) mass is 340 g/mol. The average molecular weight is 340 g/mol. The summed E-state index contributed by atoms with van der Waals surface area (Å²) in [7, 11) is 0. The van der Waals surface area contributed by atoms with Gasteiger partial charge in [0.1, 0.15) is 6.54 Å². The van der Waals surface area contributed by atoms with Crippen LogP contribution in [0.5, 0.6) is 0 Å². The number of amides is 1. The minimum atomic E-state index is -0.972. The lowest BCUT2D eigenvalue weighted by Gasteiger charge is -2.23. The Labute approximate surface area is 148 Å². The highest BCUT2D eigenvalue weighted by molar-refractivity contribution is 5.96. The predicted octanol–water partition coefficient (Wildman–Crippen LogP) is 3.34. The van der Waals surface area contributed by atoms with Crippen molar-refractivity contribution in [1.29, 1.82) is 0 Å². The summed E-state index contributed by atoms with van der Waals surface area (Å²) >= 11 is 0. The topological polar surface area (TPSA) is 69.6 Å². The smallest absolute Gasteiger partial charge is 0.323 e. The van der Waals surface area contributed by atoms with Crippen molar-refractivity contribution >= 4 is 23.3 Å². The molecule has 5 heteroatoms. The van der Waals surface area contributed by atoms with Gasteiger partial charge in [-0.05, 0) is 36.1 Å². The number of rotatable bonds is 8. The number of carboxylic acid groups (broad SMARTS) is 1. The number of aryl methyl sites for hydroxylation is 2. The zero-order valence-electron chi connectivity index (χ0n) is 14.7. The number of aliphatic carboxylic acids is 1. The van der Waals surface area contributed by atoms with Gasteiger partial charge in [-0.3, -0.25) is 9.59 Å². The van der Waals surface area contributed by atoms with E-state index in [1.807, 2.05) is 50.2 Å². The number of nitrogens with zero attached hydrogens (tertiary/aromatic N) is 1. The molecule has 0 saturated carbocycles. The van der Waals surface area contributed by atoms with Crippen molar-refractivity contribution in [2.24, 2.45) is 0 Å². The summed E-state index contributed by atoms with van der Waals surface area (Å²) in [6.45, 7) is 3.85. The van der Waals surface area contributed by atoms with E-state index in [9.17, 15) is 9.59 Å². The number of hydrogen-bond acceptors (Lipinski definition) is 3. The number of hydrogen-bond donors (Lipinski definition) is 2. The summed E-state index contributed by atoms with van der Waals surface area (Å²) in [6.07, 6.45) is 1.64. The zero-order chi connectivity index (χ0) is 18.2. The molecule has 0 aliphatic rings. The maximum absolute atomic E-state index is 12.6. The van der Waals surface area contributed by atoms with Crippen LogP contribution in [-0.2, 0) is 22.4 Å². The van der Waals surface area contributed by atoms with E-state index in [1.54, 1.807) is 17.0 Å². The second kappa shape index (κ2) is 8.87. The Morgan fingerprint density at radius 2 is 1.52 bits per heavy atom. The van der Waals surface area contributed by atoms with Crippen LogP contribution in [0.4, 0.5) is 11.4 Å². The normalized spacial score (nSPS) is 10.3. The quantitative estimate of drug-likeness (QED) is 0.773. The van der Waals surface area contributed by atoms with Crippen molar-refractivity contribution in [3.8, 4) is 0 Å². The van der Waals surface area contributed by atoms with Crippen molar-refractivity contribution in [2.75, 3.05) is 23.3 Å². The van der Waals surface area contributed by atoms with Gasteiger partial charge >= 0.3 is 5.97 Å². The van der Waals surface area contributed by atoms with Crippen LogP contribution in [0.15, 0.2) is 48.5 Å². The van der Waals surface area contributed by atoms with Gasteiger partial charge in [0, 0.05) is 11.4 Å². The Kier molecular flexibility index (Phi) is 6.57. The Morgan fingerprint density at radius 3 is 2.04 bits per heavy atom. The van der Waals surface area contributed by atoms with Crippen molar-refractivity contribution in [3.05, 3.63) is 59.7 Å². The highest BCUT2D eigenvalue weighted by Gasteiger charge is 2.16. The second-order valence-electron chi connectivity index (χ2n) is 5.79. The minimum Gasteiger partial charge on any atom is -0.480 e. The highest BCUT2D eigenvalue weighted by Crippen LogP contribution is 2.23. The number of benzene rings is 2. The van der Waals surface area contributed by atoms with Crippen molar-refractivity contribution in [3.63, 3.8) is 0 Å². The number of para-hydroxylation sites is 2. The molecule has 0 fully saturated rings. The van der Waals surface area contributed by atoms with Crippen molar-refractivity contribution in [2.45, 2.75) is 26.7 Å². The molecule has 1 amide bonds. The number of anilines is 2. The lowest BCUT2D eigenvalue weighted by molar-refractivity contribution is -0.135. The van der Waals surface area contributed by atoms with Gasteiger partial charge in [0.2, 0.25) is 5.91 Å². The van der Waals surface area contributed by atoms with E-state index >= 15 is 0 Å². The van der Waals surface area contributed by atoms with Crippen molar-refractivity contribution in [1.82, 2.24) is 0 Å².